The maximum absolute atomic E-state index is 4.99. The van der Waals surface area contributed by atoms with Crippen LogP contribution in [0.2, 0.25) is 0 Å². The quantitative estimate of drug-likeness (QED) is 0.843. The molecule has 5 heterocycles. The van der Waals surface area contributed by atoms with E-state index in [4.69, 9.17) is 10.1 Å². The molecule has 0 saturated carbocycles. The van der Waals surface area contributed by atoms with Crippen LogP contribution in [0.4, 0.5) is 0 Å². The topological polar surface area (TPSA) is 37.2 Å². The first-order chi connectivity index (χ1) is 11.2. The lowest BCUT2D eigenvalue weighted by molar-refractivity contribution is 0.0814. The minimum Gasteiger partial charge on any atom is -0.308 e. The minimum absolute atomic E-state index is 0.555. The summed E-state index contributed by atoms with van der Waals surface area (Å²) in [5.74, 6) is 3.45. The van der Waals surface area contributed by atoms with Gasteiger partial charge in [0.1, 0.15) is 5.82 Å². The molecule has 0 aromatic carbocycles. The maximum atomic E-state index is 4.99. The van der Waals surface area contributed by atoms with Gasteiger partial charge in [-0.2, -0.15) is 16.4 Å². The van der Waals surface area contributed by atoms with Gasteiger partial charge in [-0.15, -0.1) is 0 Å². The van der Waals surface area contributed by atoms with Gasteiger partial charge >= 0.3 is 0 Å². The van der Waals surface area contributed by atoms with Crippen LogP contribution in [0.25, 0.3) is 11.4 Å². The van der Waals surface area contributed by atoms with E-state index < -0.39 is 0 Å². The third-order valence-corrected chi connectivity index (χ3v) is 5.91. The van der Waals surface area contributed by atoms with E-state index in [0.717, 1.165) is 36.9 Å². The lowest BCUT2D eigenvalue weighted by atomic mass is 9.78. The Hall–Kier alpha value is -1.24. The van der Waals surface area contributed by atoms with Gasteiger partial charge < -0.3 is 9.80 Å². The van der Waals surface area contributed by atoms with Gasteiger partial charge in [-0.3, -0.25) is 0 Å². The molecule has 0 N–H and O–H groups in total. The predicted octanol–water partition coefficient (Wildman–Crippen LogP) is 2.38. The molecule has 2 aromatic rings. The van der Waals surface area contributed by atoms with Crippen molar-refractivity contribution in [1.29, 1.82) is 0 Å². The number of fused-ring (bicyclic) bond motifs is 3. The molecule has 0 aliphatic carbocycles. The van der Waals surface area contributed by atoms with Crippen LogP contribution in [0.1, 0.15) is 24.6 Å². The van der Waals surface area contributed by atoms with Crippen LogP contribution < -0.4 is 0 Å². The van der Waals surface area contributed by atoms with E-state index in [1.54, 1.807) is 11.3 Å². The van der Waals surface area contributed by atoms with Crippen LogP contribution in [-0.4, -0.2) is 64.8 Å². The van der Waals surface area contributed by atoms with E-state index in [-0.39, 0.29) is 0 Å². The van der Waals surface area contributed by atoms with E-state index in [0.29, 0.717) is 5.92 Å². The number of hydrogen-bond acceptors (Lipinski definition) is 5. The predicted molar refractivity (Wildman–Crippen MR) is 93.8 cm³/mol. The Morgan fingerprint density at radius 2 is 2.13 bits per heavy atom. The summed E-state index contributed by atoms with van der Waals surface area (Å²) in [5, 5.41) is 9.10. The summed E-state index contributed by atoms with van der Waals surface area (Å²) in [6, 6.07) is 2.12. The highest BCUT2D eigenvalue weighted by Gasteiger charge is 2.37. The van der Waals surface area contributed by atoms with Crippen LogP contribution >= 0.6 is 11.3 Å². The van der Waals surface area contributed by atoms with Gasteiger partial charge in [-0.05, 0) is 57.4 Å². The summed E-state index contributed by atoms with van der Waals surface area (Å²) in [6.45, 7) is 5.62. The third kappa shape index (κ3) is 3.07. The number of hydrogen-bond donors (Lipinski definition) is 0. The number of nitrogens with zero attached hydrogens (tertiary/aromatic N) is 5. The Kier molecular flexibility index (Phi) is 4.22. The molecule has 5 nitrogen and oxygen atoms in total. The van der Waals surface area contributed by atoms with E-state index in [1.807, 2.05) is 0 Å². The van der Waals surface area contributed by atoms with Crippen LogP contribution in [0.5, 0.6) is 0 Å². The van der Waals surface area contributed by atoms with Gasteiger partial charge in [0.2, 0.25) is 0 Å². The van der Waals surface area contributed by atoms with E-state index in [9.17, 15) is 0 Å². The van der Waals surface area contributed by atoms with Gasteiger partial charge in [0, 0.05) is 30.0 Å². The van der Waals surface area contributed by atoms with E-state index in [1.165, 1.54) is 31.8 Å². The number of rotatable bonds is 5. The molecule has 0 amide bonds. The number of aromatic nitrogens is 3. The zero-order valence-electron chi connectivity index (χ0n) is 14.0. The first kappa shape index (κ1) is 15.3. The molecule has 23 heavy (non-hydrogen) atoms. The fourth-order valence-electron chi connectivity index (χ4n) is 3.86. The second kappa shape index (κ2) is 6.34. The minimum atomic E-state index is 0.555. The SMILES string of the molecule is CN(C)CCn1nc(-c2ccsc2)nc1C1CN2CCC1CC2. The average molecular weight is 331 g/mol. The van der Waals surface area contributed by atoms with Crippen LogP contribution in [-0.2, 0) is 6.54 Å². The van der Waals surface area contributed by atoms with Gasteiger partial charge in [-0.25, -0.2) is 9.67 Å². The normalized spacial score (nSPS) is 27.0. The fraction of sp³-hybridized carbons (Fsp3) is 0.647. The Morgan fingerprint density at radius 1 is 1.30 bits per heavy atom. The first-order valence-electron chi connectivity index (χ1n) is 8.55. The molecule has 2 aromatic heterocycles. The lowest BCUT2D eigenvalue weighted by Gasteiger charge is -2.44. The highest BCUT2D eigenvalue weighted by atomic mass is 32.1. The van der Waals surface area contributed by atoms with Gasteiger partial charge in [0.15, 0.2) is 5.82 Å². The molecule has 5 rings (SSSR count). The molecule has 124 valence electrons. The molecule has 2 bridgehead atoms. The van der Waals surface area contributed by atoms with Crippen LogP contribution in [0.3, 0.4) is 0 Å². The van der Waals surface area contributed by atoms with Gasteiger partial charge in [0.05, 0.1) is 6.54 Å². The first-order valence-corrected chi connectivity index (χ1v) is 9.49. The second-order valence-electron chi connectivity index (χ2n) is 7.08. The third-order valence-electron chi connectivity index (χ3n) is 5.23. The van der Waals surface area contributed by atoms with Crippen LogP contribution in [0, 0.1) is 5.92 Å². The summed E-state index contributed by atoms with van der Waals surface area (Å²) in [6.07, 6.45) is 2.64. The summed E-state index contributed by atoms with van der Waals surface area (Å²) < 4.78 is 2.18. The Bertz CT molecular complexity index is 640. The van der Waals surface area contributed by atoms with Crippen molar-refractivity contribution in [1.82, 2.24) is 24.6 Å². The molecule has 0 radical (unpaired) electrons. The van der Waals surface area contributed by atoms with Crippen molar-refractivity contribution in [2.45, 2.75) is 25.3 Å². The Balaban J connectivity index is 1.65. The fourth-order valence-corrected chi connectivity index (χ4v) is 4.49. The smallest absolute Gasteiger partial charge is 0.182 e. The highest BCUT2D eigenvalue weighted by Crippen LogP contribution is 2.38. The van der Waals surface area contributed by atoms with Gasteiger partial charge in [-0.1, -0.05) is 0 Å². The van der Waals surface area contributed by atoms with Crippen molar-refractivity contribution >= 4 is 11.3 Å². The molecule has 3 aliphatic heterocycles. The highest BCUT2D eigenvalue weighted by molar-refractivity contribution is 7.08. The molecule has 0 spiro atoms. The zero-order valence-corrected chi connectivity index (χ0v) is 14.8. The Morgan fingerprint density at radius 3 is 2.74 bits per heavy atom. The molecule has 3 saturated heterocycles. The summed E-state index contributed by atoms with van der Waals surface area (Å²) >= 11 is 1.71. The standard InChI is InChI=1S/C17H25N5S/c1-20(2)8-9-22-17(15-11-21-6-3-13(15)4-7-21)18-16(19-22)14-5-10-23-12-14/h5,10,12-13,15H,3-4,6-9,11H2,1-2H3. The maximum Gasteiger partial charge on any atom is 0.182 e. The lowest BCUT2D eigenvalue weighted by Crippen LogP contribution is -2.47. The van der Waals surface area contributed by atoms with Crippen LogP contribution in [0.15, 0.2) is 16.8 Å². The molecule has 6 heteroatoms. The monoisotopic (exact) mass is 331 g/mol. The average Bonchev–Trinajstić information content (AvgIpc) is 3.23. The summed E-state index contributed by atoms with van der Waals surface area (Å²) in [7, 11) is 4.23. The summed E-state index contributed by atoms with van der Waals surface area (Å²) in [4.78, 5) is 9.80. The van der Waals surface area contributed by atoms with Crippen molar-refractivity contribution in [3.8, 4) is 11.4 Å². The van der Waals surface area contributed by atoms with Crippen molar-refractivity contribution in [3.05, 3.63) is 22.7 Å². The van der Waals surface area contributed by atoms with Crippen molar-refractivity contribution in [3.63, 3.8) is 0 Å². The second-order valence-corrected chi connectivity index (χ2v) is 7.86. The van der Waals surface area contributed by atoms with E-state index in [2.05, 4.69) is 45.4 Å². The number of thiophene rings is 1. The van der Waals surface area contributed by atoms with Gasteiger partial charge in [0.25, 0.3) is 0 Å². The van der Waals surface area contributed by atoms with E-state index >= 15 is 0 Å². The van der Waals surface area contributed by atoms with Crippen molar-refractivity contribution in [2.24, 2.45) is 5.92 Å². The zero-order chi connectivity index (χ0) is 15.8. The number of piperidine rings is 3. The molecular weight excluding hydrogens is 306 g/mol. The Labute approximate surface area is 141 Å². The summed E-state index contributed by atoms with van der Waals surface area (Å²) in [5.41, 5.74) is 1.15. The molecule has 1 atom stereocenters. The van der Waals surface area contributed by atoms with Crippen molar-refractivity contribution < 1.29 is 0 Å². The van der Waals surface area contributed by atoms with Crippen molar-refractivity contribution in [2.75, 3.05) is 40.3 Å². The molecular formula is C17H25N5S. The largest absolute Gasteiger partial charge is 0.308 e. The molecule has 3 aliphatic rings. The molecule has 1 unspecified atom stereocenters. The number of likely N-dealkylation sites (N-methyl/N-ethyl adjacent to an activating group) is 1. The molecule has 3 fully saturated rings.